The van der Waals surface area contributed by atoms with Crippen molar-refractivity contribution >= 4 is 16.8 Å². The molecule has 2 atom stereocenters. The van der Waals surface area contributed by atoms with Crippen LogP contribution in [0.25, 0.3) is 10.9 Å². The lowest BCUT2D eigenvalue weighted by molar-refractivity contribution is -0.124. The third kappa shape index (κ3) is 2.94. The second kappa shape index (κ2) is 5.87. The maximum absolute atomic E-state index is 11.4. The number of rotatable bonds is 4. The first-order chi connectivity index (χ1) is 10.1. The van der Waals surface area contributed by atoms with Crippen molar-refractivity contribution in [1.82, 2.24) is 9.88 Å². The molecule has 21 heavy (non-hydrogen) atoms. The molecule has 0 aliphatic carbocycles. The van der Waals surface area contributed by atoms with Crippen LogP contribution in [0.4, 0.5) is 0 Å². The van der Waals surface area contributed by atoms with E-state index in [2.05, 4.69) is 34.3 Å². The van der Waals surface area contributed by atoms with Crippen LogP contribution in [0.5, 0.6) is 0 Å². The van der Waals surface area contributed by atoms with Gasteiger partial charge < -0.3 is 21.4 Å². The highest BCUT2D eigenvalue weighted by atomic mass is 16.1. The summed E-state index contributed by atoms with van der Waals surface area (Å²) in [5.41, 5.74) is 13.9. The molecule has 3 rings (SSSR count). The number of primary amides is 1. The average molecular weight is 286 g/mol. The van der Waals surface area contributed by atoms with Crippen LogP contribution >= 0.6 is 0 Å². The van der Waals surface area contributed by atoms with Crippen LogP contribution in [0.1, 0.15) is 12.0 Å². The highest BCUT2D eigenvalue weighted by Gasteiger charge is 2.30. The van der Waals surface area contributed by atoms with Gasteiger partial charge in [-0.25, -0.2) is 0 Å². The van der Waals surface area contributed by atoms with E-state index in [4.69, 9.17) is 11.5 Å². The number of aromatic amines is 1. The summed E-state index contributed by atoms with van der Waals surface area (Å²) in [4.78, 5) is 17.0. The molecule has 1 aliphatic heterocycles. The molecule has 1 aromatic carbocycles. The van der Waals surface area contributed by atoms with Gasteiger partial charge in [-0.15, -0.1) is 0 Å². The van der Waals surface area contributed by atoms with Gasteiger partial charge in [-0.2, -0.15) is 0 Å². The minimum atomic E-state index is -0.278. The third-order valence-electron chi connectivity index (χ3n) is 4.49. The van der Waals surface area contributed by atoms with Gasteiger partial charge in [-0.05, 0) is 31.0 Å². The van der Waals surface area contributed by atoms with Crippen LogP contribution in [-0.2, 0) is 11.2 Å². The molecule has 0 bridgehead atoms. The first-order valence-electron chi connectivity index (χ1n) is 7.47. The Kier molecular flexibility index (Phi) is 3.94. The molecule has 0 spiro atoms. The molecular weight excluding hydrogens is 264 g/mol. The molecule has 1 amide bonds. The zero-order chi connectivity index (χ0) is 14.8. The van der Waals surface area contributed by atoms with Crippen LogP contribution in [0, 0.1) is 5.92 Å². The van der Waals surface area contributed by atoms with Crippen LogP contribution in [0.3, 0.4) is 0 Å². The molecule has 1 aliphatic rings. The van der Waals surface area contributed by atoms with Gasteiger partial charge in [0.05, 0.1) is 5.92 Å². The number of H-pyrrole nitrogens is 1. The molecule has 1 saturated heterocycles. The molecule has 1 aromatic heterocycles. The number of nitrogens with two attached hydrogens (primary N) is 2. The lowest BCUT2D eigenvalue weighted by Gasteiger charge is -2.35. The van der Waals surface area contributed by atoms with Crippen LogP contribution in [0.15, 0.2) is 30.5 Å². The number of benzene rings is 1. The SMILES string of the molecule is NC(=O)C1CN(CCc2c[nH]c3ccccc23)CCC1N. The number of hydrogen-bond donors (Lipinski definition) is 3. The predicted octanol–water partition coefficient (Wildman–Crippen LogP) is 0.845. The number of para-hydroxylation sites is 1. The second-order valence-electron chi connectivity index (χ2n) is 5.87. The first-order valence-corrected chi connectivity index (χ1v) is 7.47. The van der Waals surface area contributed by atoms with Gasteiger partial charge >= 0.3 is 0 Å². The minimum absolute atomic E-state index is 0.0909. The lowest BCUT2D eigenvalue weighted by atomic mass is 9.92. The van der Waals surface area contributed by atoms with Gasteiger partial charge in [0.2, 0.25) is 5.91 Å². The molecule has 2 heterocycles. The largest absolute Gasteiger partial charge is 0.369 e. The molecule has 5 nitrogen and oxygen atoms in total. The maximum Gasteiger partial charge on any atom is 0.223 e. The second-order valence-corrected chi connectivity index (χ2v) is 5.87. The summed E-state index contributed by atoms with van der Waals surface area (Å²) in [5, 5.41) is 1.28. The summed E-state index contributed by atoms with van der Waals surface area (Å²) in [7, 11) is 0. The van der Waals surface area contributed by atoms with Gasteiger partial charge in [-0.1, -0.05) is 18.2 Å². The van der Waals surface area contributed by atoms with E-state index >= 15 is 0 Å². The Bertz CT molecular complexity index is 636. The van der Waals surface area contributed by atoms with Crippen LogP contribution in [-0.4, -0.2) is 41.5 Å². The number of amides is 1. The van der Waals surface area contributed by atoms with Crippen molar-refractivity contribution in [2.45, 2.75) is 18.9 Å². The topological polar surface area (TPSA) is 88.1 Å². The standard InChI is InChI=1S/C16H22N4O/c17-14-6-8-20(10-13(14)16(18)21)7-5-11-9-19-15-4-2-1-3-12(11)15/h1-4,9,13-14,19H,5-8,10,17H2,(H2,18,21). The molecule has 0 saturated carbocycles. The van der Waals surface area contributed by atoms with E-state index in [0.29, 0.717) is 6.54 Å². The van der Waals surface area contributed by atoms with Gasteiger partial charge in [0, 0.05) is 36.2 Å². The number of carbonyl (C=O) groups excluding carboxylic acids is 1. The first kappa shape index (κ1) is 14.1. The van der Waals surface area contributed by atoms with Crippen molar-refractivity contribution in [3.05, 3.63) is 36.0 Å². The van der Waals surface area contributed by atoms with Crippen LogP contribution in [0.2, 0.25) is 0 Å². The summed E-state index contributed by atoms with van der Waals surface area (Å²) >= 11 is 0. The van der Waals surface area contributed by atoms with Gasteiger partial charge in [0.25, 0.3) is 0 Å². The molecule has 0 radical (unpaired) electrons. The molecule has 5 heteroatoms. The maximum atomic E-state index is 11.4. The van der Waals surface area contributed by atoms with E-state index in [0.717, 1.165) is 25.9 Å². The Hall–Kier alpha value is -1.85. The Balaban J connectivity index is 1.64. The molecule has 5 N–H and O–H groups in total. The number of hydrogen-bond acceptors (Lipinski definition) is 3. The highest BCUT2D eigenvalue weighted by Crippen LogP contribution is 2.20. The predicted molar refractivity (Wildman–Crippen MR) is 83.7 cm³/mol. The molecular formula is C16H22N4O. The van der Waals surface area contributed by atoms with E-state index in [1.807, 2.05) is 6.07 Å². The highest BCUT2D eigenvalue weighted by molar-refractivity contribution is 5.83. The van der Waals surface area contributed by atoms with Gasteiger partial charge in [0.15, 0.2) is 0 Å². The molecule has 112 valence electrons. The van der Waals surface area contributed by atoms with Crippen molar-refractivity contribution in [3.8, 4) is 0 Å². The third-order valence-corrected chi connectivity index (χ3v) is 4.49. The number of aromatic nitrogens is 1. The van der Waals surface area contributed by atoms with E-state index in [-0.39, 0.29) is 17.9 Å². The Morgan fingerprint density at radius 3 is 3.00 bits per heavy atom. The zero-order valence-corrected chi connectivity index (χ0v) is 12.1. The van der Waals surface area contributed by atoms with Crippen molar-refractivity contribution in [1.29, 1.82) is 0 Å². The number of nitrogens with zero attached hydrogens (tertiary/aromatic N) is 1. The van der Waals surface area contributed by atoms with E-state index in [1.54, 1.807) is 0 Å². The molecule has 1 fully saturated rings. The van der Waals surface area contributed by atoms with E-state index in [1.165, 1.54) is 16.5 Å². The monoisotopic (exact) mass is 286 g/mol. The van der Waals surface area contributed by atoms with Crippen molar-refractivity contribution in [2.24, 2.45) is 17.4 Å². The minimum Gasteiger partial charge on any atom is -0.369 e. The number of nitrogens with one attached hydrogen (secondary N) is 1. The van der Waals surface area contributed by atoms with E-state index in [9.17, 15) is 4.79 Å². The molecule has 2 unspecified atom stereocenters. The summed E-state index contributed by atoms with van der Waals surface area (Å²) in [5.74, 6) is -0.499. The lowest BCUT2D eigenvalue weighted by Crippen LogP contribution is -2.52. The summed E-state index contributed by atoms with van der Waals surface area (Å²) in [6.07, 6.45) is 3.87. The Morgan fingerprint density at radius 2 is 2.19 bits per heavy atom. The quantitative estimate of drug-likeness (QED) is 0.778. The average Bonchev–Trinajstić information content (AvgIpc) is 2.89. The van der Waals surface area contributed by atoms with Crippen molar-refractivity contribution in [3.63, 3.8) is 0 Å². The Labute approximate surface area is 124 Å². The fourth-order valence-corrected chi connectivity index (χ4v) is 3.16. The Morgan fingerprint density at radius 1 is 1.38 bits per heavy atom. The molecule has 2 aromatic rings. The zero-order valence-electron chi connectivity index (χ0n) is 12.1. The van der Waals surface area contributed by atoms with Crippen LogP contribution < -0.4 is 11.5 Å². The van der Waals surface area contributed by atoms with Gasteiger partial charge in [-0.3, -0.25) is 4.79 Å². The summed E-state index contributed by atoms with van der Waals surface area (Å²) in [6.45, 7) is 2.55. The number of carbonyl (C=O) groups is 1. The fraction of sp³-hybridized carbons (Fsp3) is 0.438. The van der Waals surface area contributed by atoms with Crippen molar-refractivity contribution in [2.75, 3.05) is 19.6 Å². The number of piperidine rings is 1. The summed E-state index contributed by atoms with van der Waals surface area (Å²) in [6, 6.07) is 8.22. The van der Waals surface area contributed by atoms with E-state index < -0.39 is 0 Å². The number of fused-ring (bicyclic) bond motifs is 1. The smallest absolute Gasteiger partial charge is 0.223 e. The normalized spacial score (nSPS) is 23.5. The van der Waals surface area contributed by atoms with Crippen molar-refractivity contribution < 1.29 is 4.79 Å². The fourth-order valence-electron chi connectivity index (χ4n) is 3.16. The number of likely N-dealkylation sites (tertiary alicyclic amines) is 1. The summed E-state index contributed by atoms with van der Waals surface area (Å²) < 4.78 is 0. The van der Waals surface area contributed by atoms with Gasteiger partial charge in [0.1, 0.15) is 0 Å².